The molecular formula is C10H10BrClN2O. The predicted molar refractivity (Wildman–Crippen MR) is 63.0 cm³/mol. The van der Waals surface area contributed by atoms with Crippen LogP contribution in [0.25, 0.3) is 0 Å². The van der Waals surface area contributed by atoms with Crippen molar-refractivity contribution in [1.29, 1.82) is 0 Å². The van der Waals surface area contributed by atoms with Crippen molar-refractivity contribution in [3.63, 3.8) is 0 Å². The van der Waals surface area contributed by atoms with Gasteiger partial charge in [-0.2, -0.15) is 0 Å². The van der Waals surface area contributed by atoms with Gasteiger partial charge < -0.3 is 11.1 Å². The Kier molecular flexibility index (Phi) is 3.00. The van der Waals surface area contributed by atoms with Crippen molar-refractivity contribution in [3.8, 4) is 0 Å². The molecule has 0 bridgehead atoms. The monoisotopic (exact) mass is 288 g/mol. The zero-order valence-corrected chi connectivity index (χ0v) is 10.2. The Hall–Kier alpha value is -0.580. The molecule has 1 aromatic carbocycles. The summed E-state index contributed by atoms with van der Waals surface area (Å²) >= 11 is 9.15. The van der Waals surface area contributed by atoms with Gasteiger partial charge in [0.15, 0.2) is 0 Å². The minimum absolute atomic E-state index is 0.111. The van der Waals surface area contributed by atoms with Gasteiger partial charge in [0.2, 0.25) is 0 Å². The lowest BCUT2D eigenvalue weighted by Gasteiger charge is -2.04. The number of nitrogens with two attached hydrogens (primary N) is 1. The number of nitrogens with one attached hydrogen (secondary N) is 1. The van der Waals surface area contributed by atoms with E-state index >= 15 is 0 Å². The molecule has 1 saturated carbocycles. The fourth-order valence-electron chi connectivity index (χ4n) is 1.27. The molecule has 15 heavy (non-hydrogen) atoms. The average molecular weight is 290 g/mol. The topological polar surface area (TPSA) is 55.1 Å². The van der Waals surface area contributed by atoms with E-state index in [1.807, 2.05) is 0 Å². The molecule has 80 valence electrons. The van der Waals surface area contributed by atoms with Crippen LogP contribution < -0.4 is 11.1 Å². The molecule has 0 aromatic heterocycles. The molecule has 1 fully saturated rings. The minimum atomic E-state index is -0.123. The summed E-state index contributed by atoms with van der Waals surface area (Å²) in [6.07, 6.45) is 0.857. The highest BCUT2D eigenvalue weighted by Gasteiger charge is 2.34. The number of carbonyl (C=O) groups excluding carboxylic acids is 1. The van der Waals surface area contributed by atoms with Crippen LogP contribution in [-0.4, -0.2) is 18.0 Å². The summed E-state index contributed by atoms with van der Waals surface area (Å²) in [7, 11) is 0. The summed E-state index contributed by atoms with van der Waals surface area (Å²) in [5.41, 5.74) is 6.16. The first-order valence-corrected chi connectivity index (χ1v) is 5.76. The summed E-state index contributed by atoms with van der Waals surface area (Å²) in [6.45, 7) is 0. The van der Waals surface area contributed by atoms with Gasteiger partial charge >= 0.3 is 0 Å². The lowest BCUT2D eigenvalue weighted by Crippen LogP contribution is -2.29. The molecule has 0 saturated heterocycles. The third-order valence-electron chi connectivity index (χ3n) is 2.34. The van der Waals surface area contributed by atoms with E-state index in [-0.39, 0.29) is 18.0 Å². The molecule has 1 aromatic rings. The Balaban J connectivity index is 2.08. The van der Waals surface area contributed by atoms with Gasteiger partial charge in [-0.05, 0) is 40.5 Å². The van der Waals surface area contributed by atoms with Gasteiger partial charge in [0.05, 0.1) is 5.02 Å². The molecule has 1 amide bonds. The Labute approximate surface area is 101 Å². The van der Waals surface area contributed by atoms with Crippen LogP contribution in [-0.2, 0) is 0 Å². The smallest absolute Gasteiger partial charge is 0.251 e. The third kappa shape index (κ3) is 2.51. The van der Waals surface area contributed by atoms with Crippen molar-refractivity contribution >= 4 is 33.4 Å². The second-order valence-corrected chi connectivity index (χ2v) is 4.87. The maximum absolute atomic E-state index is 11.7. The summed E-state index contributed by atoms with van der Waals surface area (Å²) in [5.74, 6) is -0.123. The first-order valence-electron chi connectivity index (χ1n) is 4.59. The number of hydrogen-bond donors (Lipinski definition) is 2. The van der Waals surface area contributed by atoms with E-state index in [1.165, 1.54) is 0 Å². The number of hydrogen-bond acceptors (Lipinski definition) is 2. The second-order valence-electron chi connectivity index (χ2n) is 3.61. The van der Waals surface area contributed by atoms with Crippen LogP contribution >= 0.6 is 27.5 Å². The fraction of sp³-hybridized carbons (Fsp3) is 0.300. The Morgan fingerprint density at radius 2 is 2.27 bits per heavy atom. The first-order chi connectivity index (χ1) is 7.08. The van der Waals surface area contributed by atoms with Crippen LogP contribution in [0, 0.1) is 0 Å². The standard InChI is InChI=1S/C10H10BrClN2O/c11-6-2-1-5(3-7(6)12)10(15)14-9-4-8(9)13/h1-3,8-9H,4,13H2,(H,14,15). The van der Waals surface area contributed by atoms with Crippen LogP contribution in [0.5, 0.6) is 0 Å². The van der Waals surface area contributed by atoms with E-state index < -0.39 is 0 Å². The van der Waals surface area contributed by atoms with Crippen molar-refractivity contribution in [2.45, 2.75) is 18.5 Å². The molecule has 3 nitrogen and oxygen atoms in total. The lowest BCUT2D eigenvalue weighted by molar-refractivity contribution is 0.0950. The molecular weight excluding hydrogens is 279 g/mol. The van der Waals surface area contributed by atoms with Crippen molar-refractivity contribution < 1.29 is 4.79 Å². The first kappa shape index (κ1) is 10.9. The molecule has 0 radical (unpaired) electrons. The molecule has 2 unspecified atom stereocenters. The van der Waals surface area contributed by atoms with E-state index in [2.05, 4.69) is 21.2 Å². The zero-order chi connectivity index (χ0) is 11.0. The highest BCUT2D eigenvalue weighted by molar-refractivity contribution is 9.10. The van der Waals surface area contributed by atoms with Crippen LogP contribution in [0.1, 0.15) is 16.8 Å². The zero-order valence-electron chi connectivity index (χ0n) is 7.84. The predicted octanol–water partition coefficient (Wildman–Crippen LogP) is 1.93. The third-order valence-corrected chi connectivity index (χ3v) is 3.57. The SMILES string of the molecule is NC1CC1NC(=O)c1ccc(Br)c(Cl)c1. The molecule has 1 aliphatic rings. The summed E-state index contributed by atoms with van der Waals surface area (Å²) in [4.78, 5) is 11.7. The largest absolute Gasteiger partial charge is 0.348 e. The van der Waals surface area contributed by atoms with Crippen LogP contribution in [0.15, 0.2) is 22.7 Å². The molecule has 0 spiro atoms. The van der Waals surface area contributed by atoms with E-state index in [0.717, 1.165) is 10.9 Å². The van der Waals surface area contributed by atoms with Crippen molar-refractivity contribution in [3.05, 3.63) is 33.3 Å². The number of rotatable bonds is 2. The van der Waals surface area contributed by atoms with Gasteiger partial charge in [0, 0.05) is 22.1 Å². The van der Waals surface area contributed by atoms with Gasteiger partial charge in [-0.1, -0.05) is 11.6 Å². The fourth-order valence-corrected chi connectivity index (χ4v) is 1.70. The summed E-state index contributed by atoms with van der Waals surface area (Å²) < 4.78 is 0.781. The maximum Gasteiger partial charge on any atom is 0.251 e. The van der Waals surface area contributed by atoms with E-state index in [1.54, 1.807) is 18.2 Å². The van der Waals surface area contributed by atoms with Crippen molar-refractivity contribution in [1.82, 2.24) is 5.32 Å². The quantitative estimate of drug-likeness (QED) is 0.874. The molecule has 0 aliphatic heterocycles. The Morgan fingerprint density at radius 3 is 2.80 bits per heavy atom. The van der Waals surface area contributed by atoms with Crippen molar-refractivity contribution in [2.75, 3.05) is 0 Å². The molecule has 0 heterocycles. The minimum Gasteiger partial charge on any atom is -0.348 e. The number of halogens is 2. The Morgan fingerprint density at radius 1 is 1.60 bits per heavy atom. The maximum atomic E-state index is 11.7. The summed E-state index contributed by atoms with van der Waals surface area (Å²) in [5, 5.41) is 3.36. The molecule has 5 heteroatoms. The van der Waals surface area contributed by atoms with Gasteiger partial charge in [-0.3, -0.25) is 4.79 Å². The lowest BCUT2D eigenvalue weighted by atomic mass is 10.2. The average Bonchev–Trinajstić information content (AvgIpc) is 2.86. The highest BCUT2D eigenvalue weighted by atomic mass is 79.9. The van der Waals surface area contributed by atoms with Crippen molar-refractivity contribution in [2.24, 2.45) is 5.73 Å². The van der Waals surface area contributed by atoms with Gasteiger partial charge in [-0.25, -0.2) is 0 Å². The normalized spacial score (nSPS) is 23.7. The summed E-state index contributed by atoms with van der Waals surface area (Å²) in [6, 6.07) is 5.35. The molecule has 1 aliphatic carbocycles. The van der Waals surface area contributed by atoms with E-state index in [0.29, 0.717) is 10.6 Å². The van der Waals surface area contributed by atoms with Crippen LogP contribution in [0.3, 0.4) is 0 Å². The Bertz CT molecular complexity index is 410. The van der Waals surface area contributed by atoms with E-state index in [4.69, 9.17) is 17.3 Å². The van der Waals surface area contributed by atoms with Crippen LogP contribution in [0.4, 0.5) is 0 Å². The molecule has 2 atom stereocenters. The number of benzene rings is 1. The van der Waals surface area contributed by atoms with Crippen LogP contribution in [0.2, 0.25) is 5.02 Å². The van der Waals surface area contributed by atoms with Gasteiger partial charge in [-0.15, -0.1) is 0 Å². The van der Waals surface area contributed by atoms with Gasteiger partial charge in [0.25, 0.3) is 5.91 Å². The van der Waals surface area contributed by atoms with Gasteiger partial charge in [0.1, 0.15) is 0 Å². The molecule has 3 N–H and O–H groups in total. The number of carbonyl (C=O) groups is 1. The second kappa shape index (κ2) is 4.12. The number of amides is 1. The molecule has 2 rings (SSSR count). The van der Waals surface area contributed by atoms with E-state index in [9.17, 15) is 4.79 Å². The highest BCUT2D eigenvalue weighted by Crippen LogP contribution is 2.24.